The molecule has 0 aliphatic heterocycles. The lowest BCUT2D eigenvalue weighted by molar-refractivity contribution is -0.147. The molecule has 0 bridgehead atoms. The number of aromatic nitrogens is 3. The van der Waals surface area contributed by atoms with Crippen LogP contribution in [0.15, 0.2) is 6.20 Å². The Morgan fingerprint density at radius 2 is 2.13 bits per heavy atom. The predicted molar refractivity (Wildman–Crippen MR) is 87.6 cm³/mol. The number of amides is 1. The van der Waals surface area contributed by atoms with Gasteiger partial charge in [-0.15, -0.1) is 28.3 Å². The number of esters is 1. The highest BCUT2D eigenvalue weighted by Crippen LogP contribution is 2.21. The van der Waals surface area contributed by atoms with E-state index in [0.717, 1.165) is 6.42 Å². The Labute approximate surface area is 145 Å². The number of alkyl halides is 2. The van der Waals surface area contributed by atoms with Crippen molar-refractivity contribution in [2.75, 3.05) is 7.11 Å². The van der Waals surface area contributed by atoms with Crippen LogP contribution in [0.25, 0.3) is 0 Å². The van der Waals surface area contributed by atoms with Gasteiger partial charge in [-0.2, -0.15) is 0 Å². The lowest BCUT2D eigenvalue weighted by atomic mass is 9.96. The van der Waals surface area contributed by atoms with Crippen molar-refractivity contribution in [2.24, 2.45) is 0 Å². The van der Waals surface area contributed by atoms with E-state index in [0.29, 0.717) is 6.42 Å². The van der Waals surface area contributed by atoms with Gasteiger partial charge in [-0.25, -0.2) is 9.48 Å². The molecule has 2 atom stereocenters. The largest absolute Gasteiger partial charge is 0.467 e. The quantitative estimate of drug-likeness (QED) is 0.565. The Morgan fingerprint density at radius 1 is 1.48 bits per heavy atom. The number of nitrogens with zero attached hydrogens (tertiary/aromatic N) is 3. The maximum atomic E-state index is 12.5. The van der Waals surface area contributed by atoms with E-state index >= 15 is 0 Å². The molecule has 0 saturated heterocycles. The molecule has 0 aliphatic carbocycles. The van der Waals surface area contributed by atoms with E-state index in [1.807, 2.05) is 13.8 Å². The summed E-state index contributed by atoms with van der Waals surface area (Å²) in [5, 5.41) is 10.4. The second kappa shape index (κ2) is 8.49. The van der Waals surface area contributed by atoms with Crippen LogP contribution in [0.2, 0.25) is 0 Å². The van der Waals surface area contributed by atoms with Crippen molar-refractivity contribution in [2.45, 2.75) is 56.5 Å². The number of rotatable bonds is 8. The topological polar surface area (TPSA) is 86.1 Å². The average molecular weight is 365 g/mol. The van der Waals surface area contributed by atoms with Crippen molar-refractivity contribution in [3.8, 4) is 0 Å². The summed E-state index contributed by atoms with van der Waals surface area (Å²) >= 11 is 11.5. The molecule has 0 aliphatic rings. The highest BCUT2D eigenvalue weighted by atomic mass is 35.5. The van der Waals surface area contributed by atoms with Crippen molar-refractivity contribution in [3.05, 3.63) is 11.9 Å². The fourth-order valence-electron chi connectivity index (χ4n) is 2.06. The van der Waals surface area contributed by atoms with Crippen molar-refractivity contribution < 1.29 is 14.3 Å². The van der Waals surface area contributed by atoms with E-state index < -0.39 is 22.3 Å². The Balaban J connectivity index is 2.97. The normalized spacial score (nSPS) is 15.1. The maximum Gasteiger partial charge on any atom is 0.331 e. The molecule has 23 heavy (non-hydrogen) atoms. The minimum Gasteiger partial charge on any atom is -0.467 e. The molecule has 1 aromatic heterocycles. The number of carbonyl (C=O) groups is 2. The number of hydrogen-bond acceptors (Lipinski definition) is 5. The fourth-order valence-corrected chi connectivity index (χ4v) is 2.28. The van der Waals surface area contributed by atoms with Gasteiger partial charge in [0.2, 0.25) is 0 Å². The molecule has 7 nitrogen and oxygen atoms in total. The van der Waals surface area contributed by atoms with Crippen LogP contribution >= 0.6 is 23.2 Å². The van der Waals surface area contributed by atoms with Gasteiger partial charge < -0.3 is 10.1 Å². The molecule has 1 N–H and O–H groups in total. The third-order valence-corrected chi connectivity index (χ3v) is 4.14. The summed E-state index contributed by atoms with van der Waals surface area (Å²) in [6.07, 6.45) is 2.73. The van der Waals surface area contributed by atoms with Gasteiger partial charge in [0.15, 0.2) is 0 Å². The van der Waals surface area contributed by atoms with E-state index in [1.54, 1.807) is 6.92 Å². The summed E-state index contributed by atoms with van der Waals surface area (Å²) in [5.74, 6) is -1.02. The molecule has 0 spiro atoms. The molecule has 0 radical (unpaired) electrons. The van der Waals surface area contributed by atoms with Gasteiger partial charge in [0.05, 0.1) is 19.3 Å². The highest BCUT2D eigenvalue weighted by molar-refractivity contribution is 6.44. The van der Waals surface area contributed by atoms with Gasteiger partial charge >= 0.3 is 5.97 Å². The van der Waals surface area contributed by atoms with E-state index in [4.69, 9.17) is 27.9 Å². The van der Waals surface area contributed by atoms with Crippen molar-refractivity contribution in [3.63, 3.8) is 0 Å². The van der Waals surface area contributed by atoms with Crippen LogP contribution in [-0.2, 0) is 9.53 Å². The Morgan fingerprint density at radius 3 is 2.65 bits per heavy atom. The summed E-state index contributed by atoms with van der Waals surface area (Å²) in [4.78, 5) is 24.0. The van der Waals surface area contributed by atoms with E-state index in [9.17, 15) is 9.59 Å². The Hall–Kier alpha value is -1.34. The van der Waals surface area contributed by atoms with Crippen LogP contribution in [0.4, 0.5) is 0 Å². The number of methoxy groups -OCH3 is 1. The van der Waals surface area contributed by atoms with Gasteiger partial charge in [-0.05, 0) is 33.1 Å². The van der Waals surface area contributed by atoms with Gasteiger partial charge in [0, 0.05) is 0 Å². The van der Waals surface area contributed by atoms with Crippen LogP contribution in [0, 0.1) is 0 Å². The molecule has 1 unspecified atom stereocenters. The minimum absolute atomic E-state index is 0.0118. The van der Waals surface area contributed by atoms with Gasteiger partial charge in [-0.3, -0.25) is 4.79 Å². The van der Waals surface area contributed by atoms with Gasteiger partial charge in [0.1, 0.15) is 16.1 Å². The second-order valence-electron chi connectivity index (χ2n) is 5.53. The number of halogens is 2. The first-order chi connectivity index (χ1) is 10.7. The zero-order chi connectivity index (χ0) is 17.6. The van der Waals surface area contributed by atoms with Crippen LogP contribution in [0.1, 0.15) is 56.6 Å². The molecule has 1 heterocycles. The smallest absolute Gasteiger partial charge is 0.331 e. The first-order valence-electron chi connectivity index (χ1n) is 7.34. The molecule has 1 amide bonds. The first kappa shape index (κ1) is 19.7. The number of ether oxygens (including phenoxy) is 1. The lowest BCUT2D eigenvalue weighted by Crippen LogP contribution is -2.53. The number of carbonyl (C=O) groups excluding carboxylic acids is 2. The summed E-state index contributed by atoms with van der Waals surface area (Å²) in [6, 6.07) is 0.0118. The number of nitrogens with one attached hydrogen (secondary N) is 1. The van der Waals surface area contributed by atoms with E-state index in [-0.39, 0.29) is 18.2 Å². The summed E-state index contributed by atoms with van der Waals surface area (Å²) in [6.45, 7) is 5.48. The fraction of sp³-hybridized carbons (Fsp3) is 0.714. The Bertz CT molecular complexity index is 550. The molecular weight excluding hydrogens is 343 g/mol. The van der Waals surface area contributed by atoms with E-state index in [2.05, 4.69) is 15.6 Å². The van der Waals surface area contributed by atoms with Crippen LogP contribution in [0.5, 0.6) is 0 Å². The molecule has 0 aromatic carbocycles. The predicted octanol–water partition coefficient (Wildman–Crippen LogP) is 2.49. The second-order valence-corrected chi connectivity index (χ2v) is 6.81. The minimum atomic E-state index is -1.24. The van der Waals surface area contributed by atoms with Crippen molar-refractivity contribution >= 4 is 35.1 Å². The first-order valence-corrected chi connectivity index (χ1v) is 8.21. The third-order valence-electron chi connectivity index (χ3n) is 3.70. The van der Waals surface area contributed by atoms with Crippen molar-refractivity contribution in [1.82, 2.24) is 20.3 Å². The molecule has 1 rings (SSSR count). The van der Waals surface area contributed by atoms with Gasteiger partial charge in [-0.1, -0.05) is 12.1 Å². The summed E-state index contributed by atoms with van der Waals surface area (Å²) in [5.41, 5.74) is -0.957. The van der Waals surface area contributed by atoms with Crippen molar-refractivity contribution in [1.29, 1.82) is 0 Å². The molecule has 1 aromatic rings. The SMILES string of the molecule is CCC(C)n1nncc1C(=O)N[C@@](C)(CCC(Cl)Cl)C(=O)OC. The van der Waals surface area contributed by atoms with E-state index in [1.165, 1.54) is 18.0 Å². The highest BCUT2D eigenvalue weighted by Gasteiger charge is 2.37. The summed E-state index contributed by atoms with van der Waals surface area (Å²) < 4.78 is 6.31. The monoisotopic (exact) mass is 364 g/mol. The standard InChI is InChI=1S/C14H22Cl2N4O3/c1-5-9(2)20-10(8-17-19-20)12(21)18-14(3,13(22)23-4)7-6-11(15)16/h8-9,11H,5-7H2,1-4H3,(H,18,21)/t9?,14-/m0/s1. The molecule has 130 valence electrons. The molecule has 0 saturated carbocycles. The zero-order valence-corrected chi connectivity index (χ0v) is 15.2. The summed E-state index contributed by atoms with van der Waals surface area (Å²) in [7, 11) is 1.26. The maximum absolute atomic E-state index is 12.5. The van der Waals surface area contributed by atoms with Crippen LogP contribution < -0.4 is 5.32 Å². The average Bonchev–Trinajstić information content (AvgIpc) is 3.01. The third kappa shape index (κ3) is 5.07. The number of hydrogen-bond donors (Lipinski definition) is 1. The van der Waals surface area contributed by atoms with Gasteiger partial charge in [0.25, 0.3) is 5.91 Å². The molecule has 9 heteroatoms. The lowest BCUT2D eigenvalue weighted by Gasteiger charge is -2.28. The zero-order valence-electron chi connectivity index (χ0n) is 13.7. The molecule has 0 fully saturated rings. The molecular formula is C14H22Cl2N4O3. The van der Waals surface area contributed by atoms with Crippen LogP contribution in [0.3, 0.4) is 0 Å². The van der Waals surface area contributed by atoms with Crippen LogP contribution in [-0.4, -0.2) is 44.4 Å². The Kier molecular flexibility index (Phi) is 7.28.